The van der Waals surface area contributed by atoms with Crippen LogP contribution in [0.5, 0.6) is 0 Å². The second kappa shape index (κ2) is 5.57. The monoisotopic (exact) mass is 189 g/mol. The Hall–Kier alpha value is -0.0500. The van der Waals surface area contributed by atoms with Gasteiger partial charge in [0.2, 0.25) is 0 Å². The maximum Gasteiger partial charge on any atom is 0.0667 e. The van der Waals surface area contributed by atoms with E-state index >= 15 is 0 Å². The number of aliphatic hydroxyl groups is 1. The van der Waals surface area contributed by atoms with Crippen molar-refractivity contribution in [3.63, 3.8) is 0 Å². The quantitative estimate of drug-likeness (QED) is 0.534. The van der Waals surface area contributed by atoms with Gasteiger partial charge in [0.25, 0.3) is 0 Å². The Morgan fingerprint density at radius 3 is 3.00 bits per heavy atom. The van der Waals surface area contributed by atoms with Crippen LogP contribution in [0, 0.1) is 0 Å². The molecule has 0 amide bonds. The van der Waals surface area contributed by atoms with Gasteiger partial charge in [0.05, 0.1) is 6.10 Å². The van der Waals surface area contributed by atoms with E-state index in [9.17, 15) is 5.11 Å². The van der Waals surface area contributed by atoms with E-state index in [0.717, 1.165) is 32.5 Å². The molecule has 3 heteroatoms. The van der Waals surface area contributed by atoms with Crippen LogP contribution in [0.4, 0.5) is 0 Å². The third-order valence-corrected chi connectivity index (χ3v) is 2.28. The van der Waals surface area contributed by atoms with E-state index in [1.807, 2.05) is 6.08 Å². The molecular weight excluding hydrogens is 174 g/mol. The number of likely N-dealkylation sites (tertiary alicyclic amines) is 1. The Labute approximate surface area is 78.8 Å². The molecule has 2 nitrogen and oxygen atoms in total. The van der Waals surface area contributed by atoms with Crippen LogP contribution in [-0.2, 0) is 0 Å². The van der Waals surface area contributed by atoms with Crippen molar-refractivity contribution in [3.8, 4) is 0 Å². The first kappa shape index (κ1) is 10.0. The highest BCUT2D eigenvalue weighted by Crippen LogP contribution is 2.08. The third-order valence-electron chi connectivity index (χ3n) is 2.10. The predicted octanol–water partition coefficient (Wildman–Crippen LogP) is 1.24. The largest absolute Gasteiger partial charge is 0.392 e. The molecule has 70 valence electrons. The molecule has 1 heterocycles. The van der Waals surface area contributed by atoms with Gasteiger partial charge in [-0.3, -0.25) is 4.90 Å². The number of aliphatic hydroxyl groups excluding tert-OH is 1. The lowest BCUT2D eigenvalue weighted by molar-refractivity contribution is 0.0770. The molecule has 0 aromatic rings. The van der Waals surface area contributed by atoms with Crippen LogP contribution in [0.25, 0.3) is 0 Å². The van der Waals surface area contributed by atoms with Gasteiger partial charge < -0.3 is 5.11 Å². The van der Waals surface area contributed by atoms with Gasteiger partial charge in [-0.25, -0.2) is 0 Å². The molecule has 1 unspecified atom stereocenters. The van der Waals surface area contributed by atoms with Crippen LogP contribution in [0.3, 0.4) is 0 Å². The lowest BCUT2D eigenvalue weighted by Crippen LogP contribution is -2.38. The molecule has 1 aliphatic heterocycles. The van der Waals surface area contributed by atoms with Gasteiger partial charge in [-0.1, -0.05) is 12.2 Å². The fraction of sp³-hybridized carbons (Fsp3) is 0.778. The minimum absolute atomic E-state index is 0.122. The molecule has 1 rings (SSSR count). The third kappa shape index (κ3) is 3.57. The van der Waals surface area contributed by atoms with Gasteiger partial charge in [-0.2, -0.15) is 0 Å². The molecule has 0 aromatic carbocycles. The second-order valence-electron chi connectivity index (χ2n) is 3.18. The molecule has 1 saturated heterocycles. The first-order valence-corrected chi connectivity index (χ1v) is 4.97. The minimum atomic E-state index is -0.122. The SMILES string of the molecule is OC1CCCN(C/C=C/CCl)C1. The number of alkyl halides is 1. The summed E-state index contributed by atoms with van der Waals surface area (Å²) in [6, 6.07) is 0. The van der Waals surface area contributed by atoms with Crippen molar-refractivity contribution in [1.29, 1.82) is 0 Å². The summed E-state index contributed by atoms with van der Waals surface area (Å²) in [6.07, 6.45) is 5.95. The van der Waals surface area contributed by atoms with E-state index in [2.05, 4.69) is 11.0 Å². The number of halogens is 1. The number of allylic oxidation sites excluding steroid dienone is 1. The summed E-state index contributed by atoms with van der Waals surface area (Å²) in [4.78, 5) is 2.25. The molecule has 0 saturated carbocycles. The van der Waals surface area contributed by atoms with Crippen LogP contribution < -0.4 is 0 Å². The zero-order chi connectivity index (χ0) is 8.81. The van der Waals surface area contributed by atoms with Crippen molar-refractivity contribution >= 4 is 11.6 Å². The molecule has 0 spiro atoms. The maximum atomic E-state index is 9.34. The van der Waals surface area contributed by atoms with Crippen molar-refractivity contribution in [2.75, 3.05) is 25.5 Å². The standard InChI is InChI=1S/C9H16ClNO/c10-5-1-2-6-11-7-3-4-9(12)8-11/h1-2,9,12H,3-8H2/b2-1+. The summed E-state index contributed by atoms with van der Waals surface area (Å²) in [6.45, 7) is 2.83. The molecule has 1 fully saturated rings. The average molecular weight is 190 g/mol. The molecule has 12 heavy (non-hydrogen) atoms. The highest BCUT2D eigenvalue weighted by Gasteiger charge is 2.15. The van der Waals surface area contributed by atoms with Crippen molar-refractivity contribution in [1.82, 2.24) is 4.90 Å². The average Bonchev–Trinajstić information content (AvgIpc) is 2.05. The van der Waals surface area contributed by atoms with E-state index in [-0.39, 0.29) is 6.10 Å². The fourth-order valence-corrected chi connectivity index (χ4v) is 1.61. The summed E-state index contributed by atoms with van der Waals surface area (Å²) in [7, 11) is 0. The van der Waals surface area contributed by atoms with Crippen molar-refractivity contribution < 1.29 is 5.11 Å². The fourth-order valence-electron chi connectivity index (χ4n) is 1.48. The van der Waals surface area contributed by atoms with E-state index in [1.54, 1.807) is 0 Å². The van der Waals surface area contributed by atoms with Gasteiger partial charge in [0.1, 0.15) is 0 Å². The second-order valence-corrected chi connectivity index (χ2v) is 3.49. The number of hydrogen-bond donors (Lipinski definition) is 1. The summed E-state index contributed by atoms with van der Waals surface area (Å²) in [5, 5.41) is 9.34. The van der Waals surface area contributed by atoms with Crippen LogP contribution >= 0.6 is 11.6 Å². The highest BCUT2D eigenvalue weighted by molar-refractivity contribution is 6.18. The topological polar surface area (TPSA) is 23.5 Å². The number of nitrogens with zero attached hydrogens (tertiary/aromatic N) is 1. The van der Waals surface area contributed by atoms with Gasteiger partial charge in [0, 0.05) is 19.0 Å². The summed E-state index contributed by atoms with van der Waals surface area (Å²) in [5.74, 6) is 0.580. The smallest absolute Gasteiger partial charge is 0.0667 e. The van der Waals surface area contributed by atoms with E-state index in [0.29, 0.717) is 5.88 Å². The Morgan fingerprint density at radius 2 is 2.33 bits per heavy atom. The molecule has 1 N–H and O–H groups in total. The summed E-state index contributed by atoms with van der Waals surface area (Å²) >= 11 is 5.49. The number of β-amino-alcohol motifs (C(OH)–C–C–N with tert-alkyl or cyclic N) is 1. The minimum Gasteiger partial charge on any atom is -0.392 e. The maximum absolute atomic E-state index is 9.34. The Kier molecular flexibility index (Phi) is 4.66. The van der Waals surface area contributed by atoms with Crippen LogP contribution in [0.2, 0.25) is 0 Å². The Bertz CT molecular complexity index is 149. The lowest BCUT2D eigenvalue weighted by Gasteiger charge is -2.28. The molecule has 0 aliphatic carbocycles. The van der Waals surface area contributed by atoms with Gasteiger partial charge in [0.15, 0.2) is 0 Å². The Balaban J connectivity index is 2.18. The molecular formula is C9H16ClNO. The van der Waals surface area contributed by atoms with Gasteiger partial charge >= 0.3 is 0 Å². The summed E-state index contributed by atoms with van der Waals surface area (Å²) in [5.41, 5.74) is 0. The first-order valence-electron chi connectivity index (χ1n) is 4.44. The van der Waals surface area contributed by atoms with Crippen molar-refractivity contribution in [2.45, 2.75) is 18.9 Å². The molecule has 0 radical (unpaired) electrons. The van der Waals surface area contributed by atoms with Gasteiger partial charge in [-0.15, -0.1) is 11.6 Å². The predicted molar refractivity (Wildman–Crippen MR) is 51.5 cm³/mol. The van der Waals surface area contributed by atoms with E-state index in [1.165, 1.54) is 0 Å². The zero-order valence-corrected chi connectivity index (χ0v) is 8.00. The van der Waals surface area contributed by atoms with Crippen LogP contribution in [0.15, 0.2) is 12.2 Å². The lowest BCUT2D eigenvalue weighted by atomic mass is 10.1. The first-order chi connectivity index (χ1) is 5.83. The molecule has 1 aliphatic rings. The van der Waals surface area contributed by atoms with Crippen LogP contribution in [0.1, 0.15) is 12.8 Å². The number of piperidine rings is 1. The number of rotatable bonds is 3. The van der Waals surface area contributed by atoms with Gasteiger partial charge in [-0.05, 0) is 19.4 Å². The van der Waals surface area contributed by atoms with Crippen molar-refractivity contribution in [3.05, 3.63) is 12.2 Å². The normalized spacial score (nSPS) is 26.7. The molecule has 0 aromatic heterocycles. The summed E-state index contributed by atoms with van der Waals surface area (Å²) < 4.78 is 0. The highest BCUT2D eigenvalue weighted by atomic mass is 35.5. The molecule has 1 atom stereocenters. The Morgan fingerprint density at radius 1 is 1.50 bits per heavy atom. The van der Waals surface area contributed by atoms with E-state index in [4.69, 9.17) is 11.6 Å². The zero-order valence-electron chi connectivity index (χ0n) is 7.25. The molecule has 0 bridgehead atoms. The van der Waals surface area contributed by atoms with Crippen LogP contribution in [-0.4, -0.2) is 41.6 Å². The van der Waals surface area contributed by atoms with E-state index < -0.39 is 0 Å². The number of hydrogen-bond acceptors (Lipinski definition) is 2. The van der Waals surface area contributed by atoms with Crippen molar-refractivity contribution in [2.24, 2.45) is 0 Å².